The zero-order chi connectivity index (χ0) is 51.8. The number of aliphatic hydroxyl groups excluding tert-OH is 1. The van der Waals surface area contributed by atoms with Crippen LogP contribution in [0.2, 0.25) is 0 Å². The van der Waals surface area contributed by atoms with Gasteiger partial charge in [-0.05, 0) is 72.0 Å². The molecule has 1 fully saturated rings. The van der Waals surface area contributed by atoms with Crippen LogP contribution >= 0.6 is 11.6 Å². The van der Waals surface area contributed by atoms with E-state index < -0.39 is 45.8 Å². The lowest BCUT2D eigenvalue weighted by Crippen LogP contribution is -2.34. The summed E-state index contributed by atoms with van der Waals surface area (Å²) in [6, 6.07) is 28.6. The number of aromatic amines is 1. The van der Waals surface area contributed by atoms with Gasteiger partial charge in [0.1, 0.15) is 5.76 Å². The topological polar surface area (TPSA) is 165 Å². The molecule has 6 aromatic rings. The highest BCUT2D eigenvalue weighted by Crippen LogP contribution is 2.44. The molecule has 2 aromatic heterocycles. The number of halogens is 4. The maximum absolute atomic E-state index is 13.3. The Morgan fingerprint density at radius 2 is 1.57 bits per heavy atom. The highest BCUT2D eigenvalue weighted by molar-refractivity contribution is 6.46. The number of alkyl halides is 4. The number of nitrogens with zero attached hydrogens (tertiary/aromatic N) is 4. The highest BCUT2D eigenvalue weighted by Gasteiger charge is 2.39. The molecular formula is C54H61ClF3N7O5. The van der Waals surface area contributed by atoms with Gasteiger partial charge in [-0.3, -0.25) is 19.1 Å². The lowest BCUT2D eigenvalue weighted by atomic mass is 9.78. The van der Waals surface area contributed by atoms with E-state index in [9.17, 15) is 37.8 Å². The Morgan fingerprint density at radius 1 is 0.914 bits per heavy atom. The molecule has 0 radical (unpaired) electrons. The Morgan fingerprint density at radius 3 is 2.21 bits per heavy atom. The summed E-state index contributed by atoms with van der Waals surface area (Å²) < 4.78 is 41.3. The van der Waals surface area contributed by atoms with Crippen molar-refractivity contribution in [2.24, 2.45) is 11.0 Å². The average Bonchev–Trinajstić information content (AvgIpc) is 4.04. The number of amides is 2. The van der Waals surface area contributed by atoms with E-state index in [2.05, 4.69) is 84.0 Å². The molecule has 1 saturated carbocycles. The van der Waals surface area contributed by atoms with Crippen molar-refractivity contribution in [1.29, 1.82) is 0 Å². The van der Waals surface area contributed by atoms with E-state index in [0.717, 1.165) is 75.9 Å². The molecule has 70 heavy (non-hydrogen) atoms. The minimum absolute atomic E-state index is 0.0760. The van der Waals surface area contributed by atoms with Gasteiger partial charge in [-0.1, -0.05) is 119 Å². The van der Waals surface area contributed by atoms with Gasteiger partial charge in [0, 0.05) is 48.2 Å². The number of allylic oxidation sites excluding steroid dienone is 1. The fraction of sp³-hybridized carbons (Fsp3) is 0.278. The predicted molar refractivity (Wildman–Crippen MR) is 275 cm³/mol. The molecule has 0 unspecified atom stereocenters. The first-order valence-electron chi connectivity index (χ1n) is 22.5. The van der Waals surface area contributed by atoms with Gasteiger partial charge >= 0.3 is 6.18 Å². The second kappa shape index (κ2) is 25.3. The van der Waals surface area contributed by atoms with Crippen LogP contribution in [0.15, 0.2) is 157 Å². The third-order valence-electron chi connectivity index (χ3n) is 11.1. The van der Waals surface area contributed by atoms with Gasteiger partial charge < -0.3 is 25.8 Å². The number of nitrogens with one attached hydrogen (secondary N) is 3. The number of hydrogen-bond acceptors (Lipinski definition) is 8. The Balaban J connectivity index is 0.000000271. The van der Waals surface area contributed by atoms with E-state index in [1.807, 2.05) is 79.9 Å². The van der Waals surface area contributed by atoms with Crippen LogP contribution in [0.3, 0.4) is 0 Å². The number of benzene rings is 4. The molecule has 12 nitrogen and oxygen atoms in total. The molecule has 1 aliphatic heterocycles. The molecule has 0 spiro atoms. The van der Waals surface area contributed by atoms with E-state index in [1.54, 1.807) is 6.07 Å². The smallest absolute Gasteiger partial charge is 0.416 e. The third kappa shape index (κ3) is 14.1. The average molecular weight is 981 g/mol. The predicted octanol–water partition coefficient (Wildman–Crippen LogP) is 11.8. The lowest BCUT2D eigenvalue weighted by molar-refractivity contribution is -0.137. The molecule has 0 atom stereocenters. The molecule has 5 N–H and O–H groups in total. The van der Waals surface area contributed by atoms with Crippen LogP contribution in [-0.2, 0) is 29.5 Å². The van der Waals surface area contributed by atoms with Gasteiger partial charge in [0.25, 0.3) is 17.2 Å². The summed E-state index contributed by atoms with van der Waals surface area (Å²) in [5.74, 6) is -1.05. The van der Waals surface area contributed by atoms with Gasteiger partial charge in [-0.15, -0.1) is 24.8 Å². The van der Waals surface area contributed by atoms with E-state index in [4.69, 9.17) is 0 Å². The summed E-state index contributed by atoms with van der Waals surface area (Å²) >= 11 is 4.64. The first-order chi connectivity index (χ1) is 33.4. The summed E-state index contributed by atoms with van der Waals surface area (Å²) in [5, 5.41) is 36.8. The largest absolute Gasteiger partial charge is 0.506 e. The van der Waals surface area contributed by atoms with Crippen molar-refractivity contribution >= 4 is 45.7 Å². The van der Waals surface area contributed by atoms with Gasteiger partial charge in [-0.25, -0.2) is 5.01 Å². The minimum atomic E-state index is -4.47. The van der Waals surface area contributed by atoms with Crippen LogP contribution < -0.4 is 21.1 Å². The fourth-order valence-corrected chi connectivity index (χ4v) is 7.72. The van der Waals surface area contributed by atoms with E-state index >= 15 is 0 Å². The molecule has 1 aliphatic carbocycles. The van der Waals surface area contributed by atoms with Crippen molar-refractivity contribution in [3.63, 3.8) is 0 Å². The molecular weight excluding hydrogens is 919 g/mol. The summed E-state index contributed by atoms with van der Waals surface area (Å²) in [5.41, 5.74) is 3.62. The molecule has 370 valence electrons. The maximum Gasteiger partial charge on any atom is 0.416 e. The molecule has 8 rings (SSSR count). The number of aryl methyl sites for hydroxylation is 1. The number of anilines is 1. The van der Waals surface area contributed by atoms with Crippen molar-refractivity contribution in [2.45, 2.75) is 78.1 Å². The molecule has 16 heteroatoms. The van der Waals surface area contributed by atoms with Crippen molar-refractivity contribution in [2.75, 3.05) is 18.4 Å². The van der Waals surface area contributed by atoms with Crippen molar-refractivity contribution in [3.8, 4) is 16.9 Å². The number of hydrogen-bond donors (Lipinski definition) is 5. The van der Waals surface area contributed by atoms with E-state index in [1.165, 1.54) is 35.4 Å². The molecule has 0 saturated heterocycles. The van der Waals surface area contributed by atoms with Crippen LogP contribution in [-0.4, -0.2) is 55.9 Å². The number of fused-ring (bicyclic) bond motifs is 1. The van der Waals surface area contributed by atoms with Crippen molar-refractivity contribution < 1.29 is 33.0 Å². The SMILES string of the molecule is C=C.C=C1C(O)=CN(c2ccccc2-c2ccc3cc[nH]c3c2)N=C1C(=O)NC.CC(C)C.CCl.Cc1ccc(CNC(=O)c2nn(CC3(c4cccc(C(F)(F)F)c4)CCCC3)cc(O)c2=O)cc1. The van der Waals surface area contributed by atoms with Crippen molar-refractivity contribution in [1.82, 2.24) is 25.4 Å². The second-order valence-corrected chi connectivity index (χ2v) is 17.0. The standard InChI is InChI=1S/C26H26F3N3O3.C21H18N4O2.C4H10.C2H4.CH3Cl/c1-17-7-9-18(10-8-17)14-30-24(35)22-23(34)21(33)15-32(31-22)16-25(11-2-3-12-25)19-5-4-6-20(13-19)26(27,28)29;1-13-19(26)12-25(24-20(13)21(27)22-2)18-6-4-3-5-16(18)15-8-7-14-9-10-23-17(14)11-15;1-4(2)3;2*1-2/h4-10,13,15,33H,2-3,11-12,14,16H2,1H3,(H,30,35);3-12,23,26H,1H2,2H3,(H,22,27);4H,1-3H3;1-2H2;1H3. The number of aromatic hydroxyl groups is 1. The lowest BCUT2D eigenvalue weighted by Gasteiger charge is -2.31. The summed E-state index contributed by atoms with van der Waals surface area (Å²) in [6.07, 6.45) is 4.39. The Bertz CT molecular complexity index is 2860. The number of para-hydroxylation sites is 1. The number of carbonyl (C=O) groups is 2. The Labute approximate surface area is 411 Å². The Kier molecular flexibility index (Phi) is 19.9. The van der Waals surface area contributed by atoms with Crippen LogP contribution in [0, 0.1) is 12.8 Å². The summed E-state index contributed by atoms with van der Waals surface area (Å²) in [6.45, 7) is 18.5. The second-order valence-electron chi connectivity index (χ2n) is 17.0. The van der Waals surface area contributed by atoms with Gasteiger partial charge in [0.15, 0.2) is 17.2 Å². The first kappa shape index (κ1) is 55.2. The maximum atomic E-state index is 13.3. The Hall–Kier alpha value is -7.39. The highest BCUT2D eigenvalue weighted by atomic mass is 35.5. The van der Waals surface area contributed by atoms with Gasteiger partial charge in [0.05, 0.1) is 30.2 Å². The minimum Gasteiger partial charge on any atom is -0.506 e. The van der Waals surface area contributed by atoms with Gasteiger partial charge in [-0.2, -0.15) is 23.4 Å². The fourth-order valence-electron chi connectivity index (χ4n) is 7.72. The van der Waals surface area contributed by atoms with E-state index in [-0.39, 0.29) is 30.1 Å². The number of rotatable bonds is 9. The van der Waals surface area contributed by atoms with Crippen LogP contribution in [0.4, 0.5) is 18.9 Å². The summed E-state index contributed by atoms with van der Waals surface area (Å²) in [7, 11) is 1.51. The van der Waals surface area contributed by atoms with E-state index in [0.29, 0.717) is 18.4 Å². The molecule has 3 heterocycles. The number of H-pyrrole nitrogens is 1. The molecule has 0 bridgehead atoms. The van der Waals surface area contributed by atoms with Crippen LogP contribution in [0.1, 0.15) is 79.2 Å². The zero-order valence-corrected chi connectivity index (χ0v) is 41.1. The summed E-state index contributed by atoms with van der Waals surface area (Å²) in [4.78, 5) is 40.5. The molecule has 2 amide bonds. The number of hydrazone groups is 1. The number of aromatic nitrogens is 3. The molecule has 4 aromatic carbocycles. The number of aliphatic hydroxyl groups is 1. The van der Waals surface area contributed by atoms with Gasteiger partial charge in [0.2, 0.25) is 0 Å². The van der Waals surface area contributed by atoms with Crippen LogP contribution in [0.25, 0.3) is 22.0 Å². The zero-order valence-electron chi connectivity index (χ0n) is 40.3. The van der Waals surface area contributed by atoms with Crippen LogP contribution in [0.5, 0.6) is 5.75 Å². The normalized spacial score (nSPS) is 13.7. The monoisotopic (exact) mass is 979 g/mol. The first-order valence-corrected chi connectivity index (χ1v) is 23.2. The third-order valence-corrected chi connectivity index (χ3v) is 11.1. The van der Waals surface area contributed by atoms with Crippen molar-refractivity contribution in [3.05, 3.63) is 185 Å². The quantitative estimate of drug-likeness (QED) is 0.0711. The number of carbonyl (C=O) groups excluding carboxylic acids is 2. The molecule has 2 aliphatic rings.